The highest BCUT2D eigenvalue weighted by Gasteiger charge is 2.32. The molecule has 2 rings (SSSR count). The number of carbonyl (C=O) groups excluding carboxylic acids is 1. The molecule has 4 nitrogen and oxygen atoms in total. The number of rotatable bonds is 5. The van der Waals surface area contributed by atoms with Gasteiger partial charge in [0, 0.05) is 16.0 Å². The van der Waals surface area contributed by atoms with Crippen LogP contribution in [0.4, 0.5) is 0 Å². The molecule has 0 saturated carbocycles. The standard InChI is InChI=1S/C22H33BrO4/c1-8-18(20(24)27-21(3,4)5)26-19-11-14(2)17(23)12-16(19)15-9-10-22(6,7)25-13-15/h11-12,15,18H,8-10,13H2,1-7H3. The summed E-state index contributed by atoms with van der Waals surface area (Å²) in [6, 6.07) is 4.12. The Hall–Kier alpha value is -1.07. The minimum Gasteiger partial charge on any atom is -0.478 e. The summed E-state index contributed by atoms with van der Waals surface area (Å²) in [4.78, 5) is 12.5. The van der Waals surface area contributed by atoms with Gasteiger partial charge in [-0.05, 0) is 78.5 Å². The van der Waals surface area contributed by atoms with Crippen LogP contribution in [0.25, 0.3) is 0 Å². The molecule has 1 aliphatic heterocycles. The van der Waals surface area contributed by atoms with Gasteiger partial charge >= 0.3 is 5.97 Å². The van der Waals surface area contributed by atoms with E-state index in [2.05, 4.69) is 35.8 Å². The zero-order valence-corrected chi connectivity index (χ0v) is 19.2. The molecule has 1 aromatic rings. The molecule has 0 bridgehead atoms. The lowest BCUT2D eigenvalue weighted by atomic mass is 9.86. The van der Waals surface area contributed by atoms with Crippen LogP contribution in [0.2, 0.25) is 0 Å². The molecule has 0 radical (unpaired) electrons. The molecule has 1 aliphatic rings. The van der Waals surface area contributed by atoms with E-state index in [9.17, 15) is 4.79 Å². The van der Waals surface area contributed by atoms with Crippen molar-refractivity contribution in [2.75, 3.05) is 6.61 Å². The normalized spacial score (nSPS) is 20.8. The first-order valence-corrected chi connectivity index (χ1v) is 10.5. The summed E-state index contributed by atoms with van der Waals surface area (Å²) in [6.45, 7) is 14.5. The molecular weight excluding hydrogens is 408 g/mol. The smallest absolute Gasteiger partial charge is 0.347 e. The summed E-state index contributed by atoms with van der Waals surface area (Å²) >= 11 is 3.63. The Morgan fingerprint density at radius 2 is 2.04 bits per heavy atom. The van der Waals surface area contributed by atoms with E-state index in [1.165, 1.54) is 0 Å². The predicted molar refractivity (Wildman–Crippen MR) is 111 cm³/mol. The molecule has 27 heavy (non-hydrogen) atoms. The van der Waals surface area contributed by atoms with Gasteiger partial charge in [0.15, 0.2) is 6.10 Å². The van der Waals surface area contributed by atoms with Crippen LogP contribution in [0.5, 0.6) is 5.75 Å². The van der Waals surface area contributed by atoms with Crippen LogP contribution in [0.1, 0.15) is 77.8 Å². The highest BCUT2D eigenvalue weighted by Crippen LogP contribution is 2.40. The molecule has 0 N–H and O–H groups in total. The first kappa shape index (κ1) is 22.2. The number of ether oxygens (including phenoxy) is 3. The number of aryl methyl sites for hydroxylation is 1. The molecule has 0 spiro atoms. The van der Waals surface area contributed by atoms with Gasteiger partial charge < -0.3 is 14.2 Å². The first-order valence-electron chi connectivity index (χ1n) is 9.75. The summed E-state index contributed by atoms with van der Waals surface area (Å²) in [7, 11) is 0. The van der Waals surface area contributed by atoms with Gasteiger partial charge in [-0.15, -0.1) is 0 Å². The first-order chi connectivity index (χ1) is 12.4. The highest BCUT2D eigenvalue weighted by molar-refractivity contribution is 9.10. The summed E-state index contributed by atoms with van der Waals surface area (Å²) < 4.78 is 18.8. The fraction of sp³-hybridized carbons (Fsp3) is 0.682. The monoisotopic (exact) mass is 440 g/mol. The fourth-order valence-corrected chi connectivity index (χ4v) is 3.52. The molecule has 0 aliphatic carbocycles. The molecule has 1 heterocycles. The molecular formula is C22H33BrO4. The predicted octanol–water partition coefficient (Wildman–Crippen LogP) is 5.93. The third kappa shape index (κ3) is 6.21. The molecule has 152 valence electrons. The minimum absolute atomic E-state index is 0.0814. The SMILES string of the molecule is CCC(Oc1cc(C)c(Br)cc1C1CCC(C)(C)OC1)C(=O)OC(C)(C)C. The molecule has 1 aromatic carbocycles. The van der Waals surface area contributed by atoms with Gasteiger partial charge in [0.1, 0.15) is 11.4 Å². The Bertz CT molecular complexity index is 666. The highest BCUT2D eigenvalue weighted by atomic mass is 79.9. The second-order valence-electron chi connectivity index (χ2n) is 8.99. The maximum Gasteiger partial charge on any atom is 0.347 e. The fourth-order valence-electron chi connectivity index (χ4n) is 3.16. The zero-order valence-electron chi connectivity index (χ0n) is 17.6. The number of hydrogen-bond acceptors (Lipinski definition) is 4. The van der Waals surface area contributed by atoms with Crippen molar-refractivity contribution in [3.05, 3.63) is 27.7 Å². The van der Waals surface area contributed by atoms with Gasteiger partial charge in [0.05, 0.1) is 12.2 Å². The second kappa shape index (κ2) is 8.52. The lowest BCUT2D eigenvalue weighted by Crippen LogP contribution is -2.35. The van der Waals surface area contributed by atoms with Crippen molar-refractivity contribution >= 4 is 21.9 Å². The van der Waals surface area contributed by atoms with E-state index in [1.807, 2.05) is 40.7 Å². The van der Waals surface area contributed by atoms with Crippen molar-refractivity contribution in [3.8, 4) is 5.75 Å². The van der Waals surface area contributed by atoms with Crippen LogP contribution in [0, 0.1) is 6.92 Å². The van der Waals surface area contributed by atoms with E-state index in [-0.39, 0.29) is 17.5 Å². The van der Waals surface area contributed by atoms with Gasteiger partial charge in [-0.1, -0.05) is 22.9 Å². The second-order valence-corrected chi connectivity index (χ2v) is 9.85. The Balaban J connectivity index is 2.27. The molecule has 1 fully saturated rings. The van der Waals surface area contributed by atoms with E-state index < -0.39 is 11.7 Å². The van der Waals surface area contributed by atoms with Crippen LogP contribution in [-0.4, -0.2) is 29.9 Å². The minimum atomic E-state index is -0.621. The van der Waals surface area contributed by atoms with Crippen molar-refractivity contribution in [2.45, 2.75) is 91.0 Å². The van der Waals surface area contributed by atoms with Crippen LogP contribution >= 0.6 is 15.9 Å². The van der Waals surface area contributed by atoms with Crippen LogP contribution in [-0.2, 0) is 14.3 Å². The molecule has 0 aromatic heterocycles. The van der Waals surface area contributed by atoms with Gasteiger partial charge in [0.25, 0.3) is 0 Å². The lowest BCUT2D eigenvalue weighted by molar-refractivity contribution is -0.163. The lowest BCUT2D eigenvalue weighted by Gasteiger charge is -2.36. The van der Waals surface area contributed by atoms with Gasteiger partial charge in [0.2, 0.25) is 0 Å². The maximum absolute atomic E-state index is 12.5. The van der Waals surface area contributed by atoms with E-state index in [0.29, 0.717) is 13.0 Å². The number of halogens is 1. The van der Waals surface area contributed by atoms with Gasteiger partial charge in [-0.3, -0.25) is 0 Å². The Labute approximate surface area is 172 Å². The van der Waals surface area contributed by atoms with Gasteiger partial charge in [-0.25, -0.2) is 4.79 Å². The molecule has 2 unspecified atom stereocenters. The molecule has 0 amide bonds. The average molecular weight is 441 g/mol. The third-order valence-corrected chi connectivity index (χ3v) is 5.67. The van der Waals surface area contributed by atoms with Crippen molar-refractivity contribution in [1.82, 2.24) is 0 Å². The van der Waals surface area contributed by atoms with Crippen molar-refractivity contribution in [3.63, 3.8) is 0 Å². The quantitative estimate of drug-likeness (QED) is 0.532. The summed E-state index contributed by atoms with van der Waals surface area (Å²) in [5, 5.41) is 0. The van der Waals surface area contributed by atoms with E-state index in [0.717, 1.165) is 34.2 Å². The maximum atomic E-state index is 12.5. The van der Waals surface area contributed by atoms with Crippen LogP contribution in [0.15, 0.2) is 16.6 Å². The summed E-state index contributed by atoms with van der Waals surface area (Å²) in [5.74, 6) is 0.681. The Kier molecular flexibility index (Phi) is 7.01. The van der Waals surface area contributed by atoms with Crippen molar-refractivity contribution < 1.29 is 19.0 Å². The number of benzene rings is 1. The average Bonchev–Trinajstić information content (AvgIpc) is 2.54. The van der Waals surface area contributed by atoms with Crippen LogP contribution in [0.3, 0.4) is 0 Å². The third-order valence-electron chi connectivity index (χ3n) is 4.81. The topological polar surface area (TPSA) is 44.8 Å². The molecule has 1 saturated heterocycles. The molecule has 2 atom stereocenters. The summed E-state index contributed by atoms with van der Waals surface area (Å²) in [5.41, 5.74) is 1.55. The molecule has 5 heteroatoms. The number of hydrogen-bond donors (Lipinski definition) is 0. The van der Waals surface area contributed by atoms with Crippen LogP contribution < -0.4 is 4.74 Å². The van der Waals surface area contributed by atoms with Crippen molar-refractivity contribution in [2.24, 2.45) is 0 Å². The van der Waals surface area contributed by atoms with Gasteiger partial charge in [-0.2, -0.15) is 0 Å². The summed E-state index contributed by atoms with van der Waals surface area (Å²) in [6.07, 6.45) is 1.95. The Morgan fingerprint density at radius 1 is 1.37 bits per heavy atom. The number of esters is 1. The van der Waals surface area contributed by atoms with E-state index >= 15 is 0 Å². The number of carbonyl (C=O) groups is 1. The Morgan fingerprint density at radius 3 is 2.56 bits per heavy atom. The largest absolute Gasteiger partial charge is 0.478 e. The van der Waals surface area contributed by atoms with E-state index in [4.69, 9.17) is 14.2 Å². The zero-order chi connectivity index (χ0) is 20.4. The van der Waals surface area contributed by atoms with E-state index in [1.54, 1.807) is 0 Å². The van der Waals surface area contributed by atoms with Crippen molar-refractivity contribution in [1.29, 1.82) is 0 Å².